The zero-order valence-electron chi connectivity index (χ0n) is 15.1. The van der Waals surface area contributed by atoms with Crippen molar-refractivity contribution >= 4 is 15.8 Å². The minimum absolute atomic E-state index is 0.114. The van der Waals surface area contributed by atoms with Crippen molar-refractivity contribution in [2.45, 2.75) is 23.9 Å². The van der Waals surface area contributed by atoms with Gasteiger partial charge in [-0.25, -0.2) is 12.8 Å². The molecule has 0 amide bonds. The molecule has 3 aromatic carbocycles. The van der Waals surface area contributed by atoms with E-state index in [1.165, 1.54) is 34.6 Å². The molecule has 142 valence electrons. The van der Waals surface area contributed by atoms with Crippen LogP contribution >= 0.6 is 0 Å². The van der Waals surface area contributed by atoms with Gasteiger partial charge in [-0.3, -0.25) is 4.79 Å². The van der Waals surface area contributed by atoms with Gasteiger partial charge in [0.15, 0.2) is 5.78 Å². The Bertz CT molecular complexity index is 1130. The summed E-state index contributed by atoms with van der Waals surface area (Å²) in [6.07, 6.45) is 0. The second kappa shape index (κ2) is 6.96. The summed E-state index contributed by atoms with van der Waals surface area (Å²) in [4.78, 5) is 13.1. The fourth-order valence-electron chi connectivity index (χ4n) is 3.39. The molecule has 0 aliphatic carbocycles. The largest absolute Gasteiger partial charge is 0.292 e. The Balaban J connectivity index is 1.76. The van der Waals surface area contributed by atoms with Gasteiger partial charge in [0.25, 0.3) is 0 Å². The number of carbonyl (C=O) groups excluding carboxylic acids is 1. The molecule has 4 nitrogen and oxygen atoms in total. The third-order valence-corrected chi connectivity index (χ3v) is 6.75. The number of carbonyl (C=O) groups is 1. The van der Waals surface area contributed by atoms with E-state index in [0.29, 0.717) is 11.1 Å². The van der Waals surface area contributed by atoms with Crippen molar-refractivity contribution < 1.29 is 17.6 Å². The van der Waals surface area contributed by atoms with Crippen molar-refractivity contribution in [3.05, 3.63) is 101 Å². The average molecular weight is 395 g/mol. The van der Waals surface area contributed by atoms with E-state index in [-0.39, 0.29) is 10.7 Å². The smallest absolute Gasteiger partial charge is 0.244 e. The number of halogens is 1. The van der Waals surface area contributed by atoms with E-state index in [9.17, 15) is 17.6 Å². The van der Waals surface area contributed by atoms with Crippen LogP contribution in [0.5, 0.6) is 0 Å². The highest BCUT2D eigenvalue weighted by Gasteiger charge is 2.60. The van der Waals surface area contributed by atoms with Crippen LogP contribution in [0.25, 0.3) is 0 Å². The summed E-state index contributed by atoms with van der Waals surface area (Å²) in [6.45, 7) is 1.87. The van der Waals surface area contributed by atoms with E-state index in [0.717, 1.165) is 5.56 Å². The van der Waals surface area contributed by atoms with Crippen LogP contribution in [0.1, 0.15) is 27.5 Å². The maximum absolute atomic E-state index is 13.7. The molecule has 1 aliphatic rings. The van der Waals surface area contributed by atoms with Crippen molar-refractivity contribution in [1.82, 2.24) is 4.31 Å². The highest BCUT2D eigenvalue weighted by molar-refractivity contribution is 7.89. The number of benzene rings is 3. The first-order valence-corrected chi connectivity index (χ1v) is 10.3. The normalized spacial score (nSPS) is 21.3. The minimum atomic E-state index is -3.90. The average Bonchev–Trinajstić information content (AvgIpc) is 3.45. The van der Waals surface area contributed by atoms with Crippen LogP contribution in [-0.2, 0) is 10.0 Å². The van der Waals surface area contributed by atoms with Gasteiger partial charge in [-0.1, -0.05) is 60.2 Å². The van der Waals surface area contributed by atoms with Crippen LogP contribution < -0.4 is 0 Å². The highest BCUT2D eigenvalue weighted by atomic mass is 32.2. The van der Waals surface area contributed by atoms with Gasteiger partial charge in [0.05, 0.1) is 10.9 Å². The van der Waals surface area contributed by atoms with Crippen molar-refractivity contribution in [1.29, 1.82) is 0 Å². The number of hydrogen-bond donors (Lipinski definition) is 0. The first-order chi connectivity index (χ1) is 13.4. The van der Waals surface area contributed by atoms with Gasteiger partial charge in [-0.15, -0.1) is 0 Å². The van der Waals surface area contributed by atoms with E-state index >= 15 is 0 Å². The molecule has 0 aromatic heterocycles. The van der Waals surface area contributed by atoms with Gasteiger partial charge in [-0.05, 0) is 36.8 Å². The molecule has 0 spiro atoms. The fraction of sp³-hybridized carbons (Fsp3) is 0.136. The number of aryl methyl sites for hydroxylation is 1. The number of hydrogen-bond acceptors (Lipinski definition) is 3. The van der Waals surface area contributed by atoms with Gasteiger partial charge in [0.2, 0.25) is 10.0 Å². The quantitative estimate of drug-likeness (QED) is 0.482. The van der Waals surface area contributed by atoms with Crippen molar-refractivity contribution in [2.75, 3.05) is 0 Å². The predicted octanol–water partition coefficient (Wildman–Crippen LogP) is 4.13. The molecule has 3 atom stereocenters. The molecule has 0 N–H and O–H groups in total. The first-order valence-electron chi connectivity index (χ1n) is 8.84. The molecule has 4 rings (SSSR count). The van der Waals surface area contributed by atoms with Gasteiger partial charge >= 0.3 is 0 Å². The predicted molar refractivity (Wildman–Crippen MR) is 104 cm³/mol. The molecule has 1 unspecified atom stereocenters. The summed E-state index contributed by atoms with van der Waals surface area (Å²) in [5, 5.41) is 0. The molecule has 6 heteroatoms. The van der Waals surface area contributed by atoms with E-state index in [4.69, 9.17) is 0 Å². The molecule has 1 saturated heterocycles. The Labute approximate surface area is 163 Å². The van der Waals surface area contributed by atoms with Crippen LogP contribution in [0.4, 0.5) is 4.39 Å². The summed E-state index contributed by atoms with van der Waals surface area (Å²) in [7, 11) is -3.90. The van der Waals surface area contributed by atoms with Crippen LogP contribution in [0.15, 0.2) is 83.8 Å². The Morgan fingerprint density at radius 2 is 1.61 bits per heavy atom. The molecule has 3 aromatic rings. The lowest BCUT2D eigenvalue weighted by Gasteiger charge is -2.07. The number of nitrogens with zero attached hydrogens (tertiary/aromatic N) is 1. The van der Waals surface area contributed by atoms with Crippen LogP contribution in [0.3, 0.4) is 0 Å². The molecule has 1 heterocycles. The molecule has 1 aliphatic heterocycles. The van der Waals surface area contributed by atoms with Crippen LogP contribution in [-0.4, -0.2) is 24.5 Å². The van der Waals surface area contributed by atoms with Crippen molar-refractivity contribution in [3.8, 4) is 0 Å². The highest BCUT2D eigenvalue weighted by Crippen LogP contribution is 2.49. The van der Waals surface area contributed by atoms with Crippen molar-refractivity contribution in [2.24, 2.45) is 0 Å². The van der Waals surface area contributed by atoms with E-state index < -0.39 is 27.9 Å². The van der Waals surface area contributed by atoms with Crippen molar-refractivity contribution in [3.63, 3.8) is 0 Å². The Kier molecular flexibility index (Phi) is 4.61. The number of ketones is 1. The molecular weight excluding hydrogens is 377 g/mol. The Morgan fingerprint density at radius 1 is 0.929 bits per heavy atom. The third kappa shape index (κ3) is 3.25. The molecule has 0 bridgehead atoms. The molecular formula is C22H18FNO3S. The monoisotopic (exact) mass is 395 g/mol. The Hall–Kier alpha value is -2.83. The number of sulfonamides is 1. The second-order valence-corrected chi connectivity index (χ2v) is 8.67. The first kappa shape index (κ1) is 18.5. The number of rotatable bonds is 5. The molecule has 0 radical (unpaired) electrons. The third-order valence-electron chi connectivity index (χ3n) is 4.87. The minimum Gasteiger partial charge on any atom is -0.292 e. The van der Waals surface area contributed by atoms with Gasteiger partial charge in [-0.2, -0.15) is 4.31 Å². The van der Waals surface area contributed by atoms with Gasteiger partial charge < -0.3 is 0 Å². The van der Waals surface area contributed by atoms with E-state index in [2.05, 4.69) is 0 Å². The summed E-state index contributed by atoms with van der Waals surface area (Å²) >= 11 is 0. The number of Topliss-reactive ketones (excluding diaryl/α,β-unsaturated/α-hetero) is 1. The lowest BCUT2D eigenvalue weighted by molar-refractivity contribution is 0.0981. The fourth-order valence-corrected chi connectivity index (χ4v) is 5.11. The molecule has 0 saturated carbocycles. The zero-order valence-corrected chi connectivity index (χ0v) is 15.9. The van der Waals surface area contributed by atoms with Crippen LogP contribution in [0.2, 0.25) is 0 Å². The van der Waals surface area contributed by atoms with Gasteiger partial charge in [0.1, 0.15) is 11.9 Å². The summed E-state index contributed by atoms with van der Waals surface area (Å²) in [5.74, 6) is -0.770. The summed E-state index contributed by atoms with van der Waals surface area (Å²) in [6, 6.07) is 19.1. The topological polar surface area (TPSA) is 54.2 Å². The van der Waals surface area contributed by atoms with E-state index in [1.807, 2.05) is 6.92 Å². The lowest BCUT2D eigenvalue weighted by atomic mass is 10.0. The maximum atomic E-state index is 13.7. The Morgan fingerprint density at radius 3 is 2.25 bits per heavy atom. The second-order valence-electron chi connectivity index (χ2n) is 6.82. The molecule has 1 fully saturated rings. The molecule has 28 heavy (non-hydrogen) atoms. The lowest BCUT2D eigenvalue weighted by Crippen LogP contribution is -2.19. The summed E-state index contributed by atoms with van der Waals surface area (Å²) < 4.78 is 41.3. The van der Waals surface area contributed by atoms with Gasteiger partial charge in [0, 0.05) is 5.56 Å². The SMILES string of the molecule is Cc1ccc(S(=O)(=O)N2[C@@H](C(=O)c3ccccc3)[C@@H]2c2cccc(F)c2)cc1. The standard InChI is InChI=1S/C22H18FNO3S/c1-15-10-12-19(13-11-15)28(26,27)24-20(17-8-5-9-18(23)14-17)21(24)22(25)16-6-3-2-4-7-16/h2-14,20-21H,1H3/t20-,21+,24?/m0/s1. The van der Waals surface area contributed by atoms with E-state index in [1.54, 1.807) is 48.5 Å². The van der Waals surface area contributed by atoms with Crippen LogP contribution in [0, 0.1) is 12.7 Å². The maximum Gasteiger partial charge on any atom is 0.244 e. The zero-order chi connectivity index (χ0) is 19.9. The summed E-state index contributed by atoms with van der Waals surface area (Å²) in [5.41, 5.74) is 1.82.